The molecule has 1 heterocycles. The monoisotopic (exact) mass is 258 g/mol. The zero-order valence-electron chi connectivity index (χ0n) is 12.2. The molecule has 0 radical (unpaired) electrons. The van der Waals surface area contributed by atoms with Gasteiger partial charge in [-0.05, 0) is 37.4 Å². The lowest BCUT2D eigenvalue weighted by molar-refractivity contribution is 0.305. The average Bonchev–Trinajstić information content (AvgIpc) is 3.09. The Bertz CT molecular complexity index is 401. The fourth-order valence-corrected chi connectivity index (χ4v) is 3.38. The third-order valence-electron chi connectivity index (χ3n) is 4.59. The molecular weight excluding hydrogens is 232 g/mol. The lowest BCUT2D eigenvalue weighted by Crippen LogP contribution is -2.31. The van der Waals surface area contributed by atoms with E-state index < -0.39 is 0 Å². The van der Waals surface area contributed by atoms with Crippen molar-refractivity contribution in [2.45, 2.75) is 44.7 Å². The molecule has 0 spiro atoms. The standard InChI is InChI=1S/C17H26N2/c1-13(2)18-11-14-8-9-19(12-14)17-10-16(17)15-6-4-3-5-7-15/h3-7,13-14,16-18H,8-12H2,1-2H3. The van der Waals surface area contributed by atoms with Crippen molar-refractivity contribution in [2.24, 2.45) is 5.92 Å². The Balaban J connectivity index is 1.48. The SMILES string of the molecule is CC(C)NCC1CCN(C2CC2c2ccccc2)C1. The number of hydrogen-bond acceptors (Lipinski definition) is 2. The predicted molar refractivity (Wildman–Crippen MR) is 80.4 cm³/mol. The highest BCUT2D eigenvalue weighted by Gasteiger charge is 2.44. The molecule has 2 heteroatoms. The van der Waals surface area contributed by atoms with Gasteiger partial charge in [0, 0.05) is 24.5 Å². The Morgan fingerprint density at radius 3 is 2.79 bits per heavy atom. The van der Waals surface area contributed by atoms with Crippen molar-refractivity contribution in [1.29, 1.82) is 0 Å². The molecule has 1 N–H and O–H groups in total. The van der Waals surface area contributed by atoms with Gasteiger partial charge in [-0.2, -0.15) is 0 Å². The van der Waals surface area contributed by atoms with Crippen LogP contribution in [0.3, 0.4) is 0 Å². The third-order valence-corrected chi connectivity index (χ3v) is 4.59. The Labute approximate surface area is 117 Å². The maximum Gasteiger partial charge on any atom is 0.0171 e. The van der Waals surface area contributed by atoms with Gasteiger partial charge in [0.25, 0.3) is 0 Å². The second-order valence-electron chi connectivity index (χ2n) is 6.53. The van der Waals surface area contributed by atoms with E-state index in [0.717, 1.165) is 17.9 Å². The Hall–Kier alpha value is -0.860. The van der Waals surface area contributed by atoms with Gasteiger partial charge in [0.2, 0.25) is 0 Å². The molecule has 1 saturated carbocycles. The first-order chi connectivity index (χ1) is 9.24. The summed E-state index contributed by atoms with van der Waals surface area (Å²) in [5, 5.41) is 3.58. The van der Waals surface area contributed by atoms with Crippen LogP contribution in [0.5, 0.6) is 0 Å². The molecule has 2 fully saturated rings. The number of hydrogen-bond donors (Lipinski definition) is 1. The van der Waals surface area contributed by atoms with Crippen molar-refractivity contribution in [1.82, 2.24) is 10.2 Å². The number of benzene rings is 1. The number of rotatable bonds is 5. The minimum atomic E-state index is 0.618. The fraction of sp³-hybridized carbons (Fsp3) is 0.647. The van der Waals surface area contributed by atoms with Gasteiger partial charge in [-0.3, -0.25) is 4.90 Å². The van der Waals surface area contributed by atoms with Gasteiger partial charge in [-0.15, -0.1) is 0 Å². The third kappa shape index (κ3) is 3.18. The summed E-state index contributed by atoms with van der Waals surface area (Å²) in [6, 6.07) is 12.5. The zero-order valence-corrected chi connectivity index (χ0v) is 12.2. The van der Waals surface area contributed by atoms with Crippen LogP contribution in [0, 0.1) is 5.92 Å². The van der Waals surface area contributed by atoms with Gasteiger partial charge >= 0.3 is 0 Å². The molecular formula is C17H26N2. The first-order valence-electron chi connectivity index (χ1n) is 7.76. The van der Waals surface area contributed by atoms with E-state index in [9.17, 15) is 0 Å². The highest BCUT2D eigenvalue weighted by molar-refractivity contribution is 5.28. The maximum atomic E-state index is 3.58. The van der Waals surface area contributed by atoms with Crippen molar-refractivity contribution in [3.05, 3.63) is 35.9 Å². The molecule has 3 atom stereocenters. The molecule has 1 aliphatic heterocycles. The summed E-state index contributed by atoms with van der Waals surface area (Å²) in [6.07, 6.45) is 2.74. The first kappa shape index (κ1) is 13.1. The van der Waals surface area contributed by atoms with Gasteiger partial charge in [0.1, 0.15) is 0 Å². The van der Waals surface area contributed by atoms with Crippen molar-refractivity contribution in [3.63, 3.8) is 0 Å². The molecule has 2 nitrogen and oxygen atoms in total. The lowest BCUT2D eigenvalue weighted by Gasteiger charge is -2.17. The van der Waals surface area contributed by atoms with E-state index in [1.165, 1.54) is 38.0 Å². The maximum absolute atomic E-state index is 3.58. The zero-order chi connectivity index (χ0) is 13.2. The van der Waals surface area contributed by atoms with Crippen molar-refractivity contribution in [3.8, 4) is 0 Å². The molecule has 2 aliphatic rings. The second kappa shape index (κ2) is 5.64. The summed E-state index contributed by atoms with van der Waals surface area (Å²) in [4.78, 5) is 2.73. The highest BCUT2D eigenvalue weighted by atomic mass is 15.2. The van der Waals surface area contributed by atoms with Crippen LogP contribution >= 0.6 is 0 Å². The molecule has 1 aromatic rings. The summed E-state index contributed by atoms with van der Waals surface area (Å²) in [5.41, 5.74) is 1.54. The Morgan fingerprint density at radius 1 is 1.26 bits per heavy atom. The Morgan fingerprint density at radius 2 is 2.05 bits per heavy atom. The summed E-state index contributed by atoms with van der Waals surface area (Å²) in [6.45, 7) is 8.27. The molecule has 1 aliphatic carbocycles. The van der Waals surface area contributed by atoms with E-state index in [4.69, 9.17) is 0 Å². The molecule has 19 heavy (non-hydrogen) atoms. The average molecular weight is 258 g/mol. The summed E-state index contributed by atoms with van der Waals surface area (Å²) < 4.78 is 0. The van der Waals surface area contributed by atoms with Gasteiger partial charge in [-0.25, -0.2) is 0 Å². The van der Waals surface area contributed by atoms with Crippen LogP contribution in [-0.2, 0) is 0 Å². The van der Waals surface area contributed by atoms with E-state index in [2.05, 4.69) is 54.4 Å². The lowest BCUT2D eigenvalue weighted by atomic mass is 10.1. The van der Waals surface area contributed by atoms with Crippen molar-refractivity contribution >= 4 is 0 Å². The molecule has 1 aromatic carbocycles. The van der Waals surface area contributed by atoms with E-state index in [1.54, 1.807) is 0 Å². The molecule has 1 saturated heterocycles. The van der Waals surface area contributed by atoms with E-state index >= 15 is 0 Å². The van der Waals surface area contributed by atoms with Crippen LogP contribution in [-0.4, -0.2) is 36.6 Å². The van der Waals surface area contributed by atoms with Crippen LogP contribution in [0.2, 0.25) is 0 Å². The smallest absolute Gasteiger partial charge is 0.0171 e. The molecule has 3 rings (SSSR count). The van der Waals surface area contributed by atoms with Crippen LogP contribution in [0.25, 0.3) is 0 Å². The van der Waals surface area contributed by atoms with Gasteiger partial charge in [0.05, 0.1) is 0 Å². The van der Waals surface area contributed by atoms with Gasteiger partial charge in [0.15, 0.2) is 0 Å². The van der Waals surface area contributed by atoms with Crippen LogP contribution in [0.4, 0.5) is 0 Å². The van der Waals surface area contributed by atoms with Crippen LogP contribution in [0.15, 0.2) is 30.3 Å². The minimum Gasteiger partial charge on any atom is -0.314 e. The molecule has 104 valence electrons. The van der Waals surface area contributed by atoms with E-state index in [-0.39, 0.29) is 0 Å². The summed E-state index contributed by atoms with van der Waals surface area (Å²) in [7, 11) is 0. The predicted octanol–water partition coefficient (Wildman–Crippen LogP) is 2.86. The normalized spacial score (nSPS) is 31.0. The second-order valence-corrected chi connectivity index (χ2v) is 6.53. The molecule has 3 unspecified atom stereocenters. The molecule has 0 amide bonds. The first-order valence-corrected chi connectivity index (χ1v) is 7.76. The van der Waals surface area contributed by atoms with E-state index in [1.807, 2.05) is 0 Å². The summed E-state index contributed by atoms with van der Waals surface area (Å²) >= 11 is 0. The van der Waals surface area contributed by atoms with E-state index in [0.29, 0.717) is 6.04 Å². The van der Waals surface area contributed by atoms with Gasteiger partial charge < -0.3 is 5.32 Å². The molecule has 0 aromatic heterocycles. The van der Waals surface area contributed by atoms with Crippen LogP contribution < -0.4 is 5.32 Å². The van der Waals surface area contributed by atoms with Gasteiger partial charge in [-0.1, -0.05) is 44.2 Å². The molecule has 0 bridgehead atoms. The van der Waals surface area contributed by atoms with Crippen molar-refractivity contribution in [2.75, 3.05) is 19.6 Å². The summed E-state index contributed by atoms with van der Waals surface area (Å²) in [5.74, 6) is 1.66. The number of nitrogens with one attached hydrogen (secondary N) is 1. The number of nitrogens with zero attached hydrogens (tertiary/aromatic N) is 1. The highest BCUT2D eigenvalue weighted by Crippen LogP contribution is 2.46. The van der Waals surface area contributed by atoms with Crippen molar-refractivity contribution < 1.29 is 0 Å². The topological polar surface area (TPSA) is 15.3 Å². The largest absolute Gasteiger partial charge is 0.314 e. The Kier molecular flexibility index (Phi) is 3.90. The fourth-order valence-electron chi connectivity index (χ4n) is 3.38. The number of likely N-dealkylation sites (tertiary alicyclic amines) is 1. The quantitative estimate of drug-likeness (QED) is 0.873. The van der Waals surface area contributed by atoms with Crippen LogP contribution in [0.1, 0.15) is 38.2 Å². The minimum absolute atomic E-state index is 0.618.